The molecule has 10 nitrogen and oxygen atoms in total. The van der Waals surface area contributed by atoms with Gasteiger partial charge in [0.15, 0.2) is 0 Å². The summed E-state index contributed by atoms with van der Waals surface area (Å²) in [5.41, 5.74) is 0. The highest BCUT2D eigenvalue weighted by Gasteiger charge is 2.20. The van der Waals surface area contributed by atoms with Crippen LogP contribution in [0.2, 0.25) is 0 Å². The first kappa shape index (κ1) is 79.8. The highest BCUT2D eigenvalue weighted by atomic mass is 33.1. The first-order valence-corrected chi connectivity index (χ1v) is 37.8. The van der Waals surface area contributed by atoms with E-state index in [-0.39, 0.29) is 18.2 Å². The van der Waals surface area contributed by atoms with Crippen molar-refractivity contribution < 1.29 is 30.0 Å². The van der Waals surface area contributed by atoms with Crippen LogP contribution in [0.25, 0.3) is 0 Å². The largest absolute Gasteiger partial charge is 0.464 e. The Morgan fingerprint density at radius 2 is 0.735 bits per heavy atom. The minimum atomic E-state index is -0.440. The minimum Gasteiger partial charge on any atom is -0.464 e. The van der Waals surface area contributed by atoms with Crippen LogP contribution in [0.15, 0.2) is 48.6 Å². The topological polar surface area (TPSA) is 120 Å². The Kier molecular flexibility index (Phi) is 60.0. The third kappa shape index (κ3) is 55.8. The number of aliphatic hydroxyl groups is 4. The standard InChI is InChI=1S/C71H136N4O6S2/c1-5-9-13-17-21-23-25-27-29-31-33-35-39-43-49-67(76)63-74(64-68(77)50-44-40-36-34-32-30-28-26-24-22-18-14-10-6-2)52-45-51-71(80)81-60-58-72-54-56-73(57-55-72)59-62-83-82-61-46-53-75(65-69(78)47-41-37-19-15-11-7-3)66-70(79)48-42-38-20-16-12-8-4/h21-24,27-30,67-70,76-79H,5-20,25-26,31-66H2,1-4H3/b23-21-,24-22-,29-27-,30-28-/t67-,68-,69?,70?/m1/s1. The van der Waals surface area contributed by atoms with Crippen molar-refractivity contribution in [2.45, 2.75) is 303 Å². The molecule has 83 heavy (non-hydrogen) atoms. The number of allylic oxidation sites excluding steroid dienone is 8. The Morgan fingerprint density at radius 1 is 0.410 bits per heavy atom. The number of unbranched alkanes of at least 4 members (excludes halogenated alkanes) is 24. The van der Waals surface area contributed by atoms with Crippen LogP contribution in [0.3, 0.4) is 0 Å². The number of esters is 1. The third-order valence-electron chi connectivity index (χ3n) is 16.4. The SMILES string of the molecule is CCCCC/C=C\C/C=C\CCCCCC[C@@H](O)CN(CCCC(=O)OCCN1CCN(CCSSCCCN(CC(O)CCCCCCCC)CC(O)CCCCCCCC)CC1)C[C@H](O)CCCCCC/C=C\C/C=C\CCCCC. The predicted octanol–water partition coefficient (Wildman–Crippen LogP) is 17.1. The average Bonchev–Trinajstić information content (AvgIpc) is 3.49. The first-order valence-electron chi connectivity index (χ1n) is 35.3. The smallest absolute Gasteiger partial charge is 0.305 e. The van der Waals surface area contributed by atoms with Crippen molar-refractivity contribution in [3.05, 3.63) is 48.6 Å². The van der Waals surface area contributed by atoms with Gasteiger partial charge in [-0.15, -0.1) is 0 Å². The Bertz CT molecular complexity index is 1410. The normalized spacial score (nSPS) is 15.4. The highest BCUT2D eigenvalue weighted by Crippen LogP contribution is 2.23. The van der Waals surface area contributed by atoms with E-state index in [4.69, 9.17) is 4.74 Å². The molecule has 1 aliphatic rings. The Balaban J connectivity index is 2.42. The van der Waals surface area contributed by atoms with E-state index in [0.717, 1.165) is 154 Å². The minimum absolute atomic E-state index is 0.156. The van der Waals surface area contributed by atoms with E-state index in [9.17, 15) is 25.2 Å². The average molecular weight is 1210 g/mol. The van der Waals surface area contributed by atoms with Crippen LogP contribution in [0, 0.1) is 0 Å². The lowest BCUT2D eigenvalue weighted by Gasteiger charge is -2.34. The lowest BCUT2D eigenvalue weighted by Crippen LogP contribution is -2.47. The third-order valence-corrected chi connectivity index (χ3v) is 18.9. The molecule has 1 rings (SSSR count). The van der Waals surface area contributed by atoms with Gasteiger partial charge in [0.2, 0.25) is 0 Å². The Labute approximate surface area is 522 Å². The van der Waals surface area contributed by atoms with Crippen molar-refractivity contribution in [3.8, 4) is 0 Å². The Morgan fingerprint density at radius 3 is 1.14 bits per heavy atom. The van der Waals surface area contributed by atoms with Crippen molar-refractivity contribution in [2.75, 3.05) is 96.6 Å². The summed E-state index contributed by atoms with van der Waals surface area (Å²) < 4.78 is 5.75. The second-order valence-corrected chi connectivity index (χ2v) is 27.3. The molecule has 0 bridgehead atoms. The van der Waals surface area contributed by atoms with E-state index in [1.54, 1.807) is 0 Å². The van der Waals surface area contributed by atoms with Gasteiger partial charge in [0.1, 0.15) is 6.61 Å². The second-order valence-electron chi connectivity index (χ2n) is 24.6. The molecule has 0 aromatic carbocycles. The van der Waals surface area contributed by atoms with E-state index in [2.05, 4.69) is 95.9 Å². The van der Waals surface area contributed by atoms with Crippen LogP contribution < -0.4 is 0 Å². The van der Waals surface area contributed by atoms with Gasteiger partial charge in [-0.1, -0.05) is 239 Å². The molecule has 2 unspecified atom stereocenters. The number of carbonyl (C=O) groups is 1. The molecule has 0 saturated carbocycles. The number of aliphatic hydroxyl groups excluding tert-OH is 4. The summed E-state index contributed by atoms with van der Waals surface area (Å²) in [6.45, 7) is 19.3. The van der Waals surface area contributed by atoms with E-state index in [1.807, 2.05) is 21.6 Å². The van der Waals surface area contributed by atoms with Crippen molar-refractivity contribution in [1.29, 1.82) is 0 Å². The van der Waals surface area contributed by atoms with Gasteiger partial charge in [0.25, 0.3) is 0 Å². The monoisotopic (exact) mass is 1200 g/mol. The maximum Gasteiger partial charge on any atom is 0.305 e. The molecule has 12 heteroatoms. The van der Waals surface area contributed by atoms with Crippen LogP contribution >= 0.6 is 21.6 Å². The van der Waals surface area contributed by atoms with Crippen LogP contribution in [-0.2, 0) is 9.53 Å². The van der Waals surface area contributed by atoms with Crippen molar-refractivity contribution >= 4 is 27.6 Å². The van der Waals surface area contributed by atoms with Crippen LogP contribution in [-0.4, -0.2) is 167 Å². The maximum atomic E-state index is 12.9. The van der Waals surface area contributed by atoms with E-state index >= 15 is 0 Å². The second kappa shape index (κ2) is 62.4. The number of carbonyl (C=O) groups excluding carboxylic acids is 1. The fourth-order valence-electron chi connectivity index (χ4n) is 11.1. The summed E-state index contributed by atoms with van der Waals surface area (Å²) in [7, 11) is 3.93. The molecule has 1 heterocycles. The van der Waals surface area contributed by atoms with Gasteiger partial charge in [0, 0.05) is 83.4 Å². The van der Waals surface area contributed by atoms with Gasteiger partial charge in [-0.05, 0) is 116 Å². The zero-order chi connectivity index (χ0) is 60.2. The van der Waals surface area contributed by atoms with Crippen molar-refractivity contribution in [2.24, 2.45) is 0 Å². The summed E-state index contributed by atoms with van der Waals surface area (Å²) in [5.74, 6) is 2.02. The van der Waals surface area contributed by atoms with Gasteiger partial charge in [-0.2, -0.15) is 0 Å². The lowest BCUT2D eigenvalue weighted by molar-refractivity contribution is -0.144. The van der Waals surface area contributed by atoms with Gasteiger partial charge >= 0.3 is 5.97 Å². The molecule has 0 radical (unpaired) electrons. The van der Waals surface area contributed by atoms with Crippen LogP contribution in [0.1, 0.15) is 278 Å². The van der Waals surface area contributed by atoms with Gasteiger partial charge in [-0.3, -0.25) is 24.4 Å². The summed E-state index contributed by atoms with van der Waals surface area (Å²) in [5, 5.41) is 44.2. The molecule has 0 spiro atoms. The van der Waals surface area contributed by atoms with Crippen LogP contribution in [0.4, 0.5) is 0 Å². The fraction of sp³-hybridized carbons (Fsp3) is 0.873. The number of ether oxygens (including phenoxy) is 1. The number of rotatable bonds is 63. The summed E-state index contributed by atoms with van der Waals surface area (Å²) in [4.78, 5) is 22.4. The van der Waals surface area contributed by atoms with E-state index in [0.29, 0.717) is 52.2 Å². The molecular weight excluding hydrogens is 1070 g/mol. The molecule has 0 aromatic rings. The fourth-order valence-corrected chi connectivity index (χ4v) is 13.2. The van der Waals surface area contributed by atoms with E-state index < -0.39 is 12.2 Å². The Hall–Kier alpha value is -1.19. The van der Waals surface area contributed by atoms with Gasteiger partial charge in [-0.25, -0.2) is 0 Å². The molecule has 0 aromatic heterocycles. The number of hydrogen-bond acceptors (Lipinski definition) is 12. The molecule has 488 valence electrons. The zero-order valence-electron chi connectivity index (χ0n) is 54.8. The maximum absolute atomic E-state index is 12.9. The van der Waals surface area contributed by atoms with Crippen molar-refractivity contribution in [3.63, 3.8) is 0 Å². The first-order chi connectivity index (χ1) is 40.7. The molecule has 1 fully saturated rings. The molecule has 1 aliphatic heterocycles. The predicted molar refractivity (Wildman–Crippen MR) is 365 cm³/mol. The molecular formula is C71H136N4O6S2. The number of hydrogen-bond donors (Lipinski definition) is 4. The zero-order valence-corrected chi connectivity index (χ0v) is 56.5. The van der Waals surface area contributed by atoms with Crippen LogP contribution in [0.5, 0.6) is 0 Å². The molecule has 4 atom stereocenters. The lowest BCUT2D eigenvalue weighted by atomic mass is 10.1. The number of piperazine rings is 1. The molecule has 0 aliphatic carbocycles. The van der Waals surface area contributed by atoms with Crippen molar-refractivity contribution in [1.82, 2.24) is 19.6 Å². The molecule has 0 amide bonds. The van der Waals surface area contributed by atoms with E-state index in [1.165, 1.54) is 141 Å². The van der Waals surface area contributed by atoms with Gasteiger partial charge < -0.3 is 25.2 Å². The quantitative estimate of drug-likeness (QED) is 0.0201. The molecule has 1 saturated heterocycles. The summed E-state index contributed by atoms with van der Waals surface area (Å²) in [6, 6.07) is 0. The van der Waals surface area contributed by atoms with Gasteiger partial charge in [0.05, 0.1) is 24.4 Å². The number of nitrogens with zero attached hydrogens (tertiary/aromatic N) is 4. The molecule has 4 N–H and O–H groups in total. The summed E-state index contributed by atoms with van der Waals surface area (Å²) in [6.07, 6.45) is 60.6. The highest BCUT2D eigenvalue weighted by molar-refractivity contribution is 8.76. The summed E-state index contributed by atoms with van der Waals surface area (Å²) >= 11 is 0.